The van der Waals surface area contributed by atoms with Crippen LogP contribution >= 0.6 is 11.6 Å². The third-order valence-electron chi connectivity index (χ3n) is 3.80. The summed E-state index contributed by atoms with van der Waals surface area (Å²) in [7, 11) is 0. The average molecular weight is 291 g/mol. The maximum Gasteiger partial charge on any atom is 0.137 e. The Morgan fingerprint density at radius 2 is 2.20 bits per heavy atom. The van der Waals surface area contributed by atoms with Crippen LogP contribution in [-0.4, -0.2) is 16.2 Å². The second-order valence-electron chi connectivity index (χ2n) is 5.18. The van der Waals surface area contributed by atoms with E-state index < -0.39 is 0 Å². The van der Waals surface area contributed by atoms with Crippen molar-refractivity contribution in [3.63, 3.8) is 0 Å². The van der Waals surface area contributed by atoms with Crippen LogP contribution in [0.1, 0.15) is 36.8 Å². The van der Waals surface area contributed by atoms with Crippen LogP contribution in [-0.2, 0) is 17.7 Å². The van der Waals surface area contributed by atoms with E-state index in [1.54, 1.807) is 0 Å². The molecule has 1 saturated heterocycles. The van der Waals surface area contributed by atoms with Gasteiger partial charge >= 0.3 is 0 Å². The molecule has 20 heavy (non-hydrogen) atoms. The van der Waals surface area contributed by atoms with E-state index in [4.69, 9.17) is 16.3 Å². The molecule has 1 aliphatic rings. The Bertz CT molecular complexity index is 561. The van der Waals surface area contributed by atoms with Gasteiger partial charge in [0.2, 0.25) is 0 Å². The summed E-state index contributed by atoms with van der Waals surface area (Å²) in [6.45, 7) is 1.74. The van der Waals surface area contributed by atoms with Gasteiger partial charge in [-0.2, -0.15) is 0 Å². The van der Waals surface area contributed by atoms with Crippen molar-refractivity contribution in [1.29, 1.82) is 0 Å². The molecule has 0 radical (unpaired) electrons. The summed E-state index contributed by atoms with van der Waals surface area (Å²) in [5.41, 5.74) is 1.18. The minimum absolute atomic E-state index is 0.157. The number of ether oxygens (including phenoxy) is 1. The first kappa shape index (κ1) is 13.7. The maximum atomic E-state index is 6.20. The number of nitrogens with zero attached hydrogens (tertiary/aromatic N) is 2. The summed E-state index contributed by atoms with van der Waals surface area (Å²) in [4.78, 5) is 4.48. The van der Waals surface area contributed by atoms with Gasteiger partial charge in [-0.05, 0) is 37.3 Å². The molecule has 1 aliphatic heterocycles. The predicted molar refractivity (Wildman–Crippen MR) is 79.9 cm³/mol. The van der Waals surface area contributed by atoms with Gasteiger partial charge in [-0.3, -0.25) is 0 Å². The lowest BCUT2D eigenvalue weighted by Gasteiger charge is -2.23. The summed E-state index contributed by atoms with van der Waals surface area (Å²) in [6, 6.07) is 8.01. The van der Waals surface area contributed by atoms with Crippen LogP contribution in [0.25, 0.3) is 0 Å². The van der Waals surface area contributed by atoms with Crippen molar-refractivity contribution in [1.82, 2.24) is 9.55 Å². The van der Waals surface area contributed by atoms with E-state index in [-0.39, 0.29) is 6.10 Å². The van der Waals surface area contributed by atoms with Gasteiger partial charge in [-0.15, -0.1) is 0 Å². The second kappa shape index (κ2) is 6.42. The van der Waals surface area contributed by atoms with Gasteiger partial charge < -0.3 is 9.30 Å². The van der Waals surface area contributed by atoms with E-state index in [0.29, 0.717) is 0 Å². The Morgan fingerprint density at radius 1 is 1.30 bits per heavy atom. The lowest BCUT2D eigenvalue weighted by molar-refractivity contribution is 0.00735. The van der Waals surface area contributed by atoms with Gasteiger partial charge in [-0.25, -0.2) is 4.98 Å². The molecule has 3 rings (SSSR count). The second-order valence-corrected chi connectivity index (χ2v) is 5.58. The van der Waals surface area contributed by atoms with E-state index in [1.165, 1.54) is 12.0 Å². The summed E-state index contributed by atoms with van der Waals surface area (Å²) in [5.74, 6) is 1.05. The molecule has 0 amide bonds. The van der Waals surface area contributed by atoms with Crippen LogP contribution in [0.15, 0.2) is 36.7 Å². The Kier molecular flexibility index (Phi) is 4.38. The summed E-state index contributed by atoms with van der Waals surface area (Å²) < 4.78 is 8.02. The Morgan fingerprint density at radius 3 is 3.00 bits per heavy atom. The minimum atomic E-state index is 0.157. The third-order valence-corrected chi connectivity index (χ3v) is 4.16. The molecule has 4 heteroatoms. The monoisotopic (exact) mass is 290 g/mol. The van der Waals surface area contributed by atoms with Crippen molar-refractivity contribution in [3.8, 4) is 0 Å². The highest BCUT2D eigenvalue weighted by molar-refractivity contribution is 6.31. The van der Waals surface area contributed by atoms with Gasteiger partial charge in [0, 0.05) is 30.6 Å². The van der Waals surface area contributed by atoms with E-state index in [2.05, 4.69) is 15.6 Å². The molecule has 1 unspecified atom stereocenters. The molecule has 1 aromatic carbocycles. The fraction of sp³-hybridized carbons (Fsp3) is 0.438. The first-order valence-corrected chi connectivity index (χ1v) is 7.58. The fourth-order valence-corrected chi connectivity index (χ4v) is 2.91. The molecule has 3 nitrogen and oxygen atoms in total. The topological polar surface area (TPSA) is 27.1 Å². The number of halogens is 1. The standard InChI is InChI=1S/C16H19ClN2O/c17-14-6-2-1-5-13(14)8-10-19-11-9-18-16(19)15-7-3-4-12-20-15/h1-2,5-6,9,11,15H,3-4,7-8,10,12H2. The molecule has 1 atom stereocenters. The van der Waals surface area contributed by atoms with Gasteiger partial charge in [0.15, 0.2) is 0 Å². The van der Waals surface area contributed by atoms with E-state index in [1.807, 2.05) is 30.6 Å². The zero-order valence-electron chi connectivity index (χ0n) is 11.5. The molecule has 2 aromatic rings. The molecule has 1 fully saturated rings. The van der Waals surface area contributed by atoms with Gasteiger partial charge in [0.05, 0.1) is 0 Å². The number of rotatable bonds is 4. The maximum absolute atomic E-state index is 6.20. The van der Waals surface area contributed by atoms with Gasteiger partial charge in [-0.1, -0.05) is 29.8 Å². The number of benzene rings is 1. The number of aromatic nitrogens is 2. The molecular formula is C16H19ClN2O. The molecule has 0 saturated carbocycles. The molecule has 106 valence electrons. The van der Waals surface area contributed by atoms with Crippen LogP contribution in [0, 0.1) is 0 Å². The smallest absolute Gasteiger partial charge is 0.137 e. The fourth-order valence-electron chi connectivity index (χ4n) is 2.68. The third kappa shape index (κ3) is 3.05. The van der Waals surface area contributed by atoms with Crippen molar-refractivity contribution in [2.24, 2.45) is 0 Å². The van der Waals surface area contributed by atoms with Gasteiger partial charge in [0.1, 0.15) is 11.9 Å². The quantitative estimate of drug-likeness (QED) is 0.850. The summed E-state index contributed by atoms with van der Waals surface area (Å²) >= 11 is 6.20. The van der Waals surface area contributed by atoms with Gasteiger partial charge in [0.25, 0.3) is 0 Å². The van der Waals surface area contributed by atoms with E-state index in [0.717, 1.165) is 43.3 Å². The average Bonchev–Trinajstić information content (AvgIpc) is 2.96. The van der Waals surface area contributed by atoms with E-state index >= 15 is 0 Å². The highest BCUT2D eigenvalue weighted by atomic mass is 35.5. The van der Waals surface area contributed by atoms with Crippen LogP contribution in [0.3, 0.4) is 0 Å². The summed E-state index contributed by atoms with van der Waals surface area (Å²) in [5, 5.41) is 0.836. The zero-order chi connectivity index (χ0) is 13.8. The van der Waals surface area contributed by atoms with Crippen molar-refractivity contribution in [2.75, 3.05) is 6.61 Å². The largest absolute Gasteiger partial charge is 0.370 e. The van der Waals surface area contributed by atoms with Crippen LogP contribution in [0.4, 0.5) is 0 Å². The number of aryl methyl sites for hydroxylation is 2. The first-order valence-electron chi connectivity index (χ1n) is 7.20. The molecule has 2 heterocycles. The van der Waals surface area contributed by atoms with Crippen LogP contribution < -0.4 is 0 Å². The van der Waals surface area contributed by atoms with Crippen molar-refractivity contribution in [3.05, 3.63) is 53.1 Å². The molecule has 0 N–H and O–H groups in total. The molecule has 0 bridgehead atoms. The molecule has 0 aliphatic carbocycles. The number of hydrogen-bond donors (Lipinski definition) is 0. The minimum Gasteiger partial charge on any atom is -0.370 e. The number of imidazole rings is 1. The molecule has 1 aromatic heterocycles. The highest BCUT2D eigenvalue weighted by Crippen LogP contribution is 2.27. The SMILES string of the molecule is Clc1ccccc1CCn1ccnc1C1CCCCO1. The van der Waals surface area contributed by atoms with Crippen LogP contribution in [0.5, 0.6) is 0 Å². The predicted octanol–water partition coefficient (Wildman–Crippen LogP) is 4.02. The lowest BCUT2D eigenvalue weighted by Crippen LogP contribution is -2.17. The zero-order valence-corrected chi connectivity index (χ0v) is 12.2. The molecule has 0 spiro atoms. The van der Waals surface area contributed by atoms with Crippen molar-refractivity contribution >= 4 is 11.6 Å². The Balaban J connectivity index is 1.69. The van der Waals surface area contributed by atoms with Crippen LogP contribution in [0.2, 0.25) is 5.02 Å². The number of hydrogen-bond acceptors (Lipinski definition) is 2. The molecular weight excluding hydrogens is 272 g/mol. The highest BCUT2D eigenvalue weighted by Gasteiger charge is 2.20. The normalized spacial score (nSPS) is 19.1. The summed E-state index contributed by atoms with van der Waals surface area (Å²) in [6.07, 6.45) is 8.42. The lowest BCUT2D eigenvalue weighted by atomic mass is 10.1. The first-order chi connectivity index (χ1) is 9.84. The van der Waals surface area contributed by atoms with Crippen molar-refractivity contribution in [2.45, 2.75) is 38.3 Å². The van der Waals surface area contributed by atoms with E-state index in [9.17, 15) is 0 Å². The Labute approximate surface area is 124 Å². The Hall–Kier alpha value is -1.32. The van der Waals surface area contributed by atoms with Crippen molar-refractivity contribution < 1.29 is 4.74 Å².